The maximum Gasteiger partial charge on any atom is 0.154 e. The van der Waals surface area contributed by atoms with E-state index in [4.69, 9.17) is 33.2 Å². The average molecular weight is 1650 g/mol. The van der Waals surface area contributed by atoms with Crippen molar-refractivity contribution in [1.82, 2.24) is 35.1 Å². The number of hydrogen-bond acceptors (Lipinski definition) is 22. The zero-order valence-electron chi connectivity index (χ0n) is 71.0. The molecule has 23 heteroatoms. The van der Waals surface area contributed by atoms with Gasteiger partial charge in [-0.1, -0.05) is 116 Å². The third-order valence-electron chi connectivity index (χ3n) is 22.0. The molecule has 0 spiro atoms. The van der Waals surface area contributed by atoms with Gasteiger partial charge in [-0.25, -0.2) is 19.3 Å². The van der Waals surface area contributed by atoms with Crippen molar-refractivity contribution in [2.75, 3.05) is 87.3 Å². The third kappa shape index (κ3) is 23.6. The number of halogens is 1. The molecule has 3 atom stereocenters. The molecule has 3 N–H and O–H groups in total. The van der Waals surface area contributed by atoms with Crippen LogP contribution in [0.15, 0.2) is 208 Å². The van der Waals surface area contributed by atoms with Crippen LogP contribution in [-0.4, -0.2) is 161 Å². The number of piperazine rings is 1. The van der Waals surface area contributed by atoms with Crippen molar-refractivity contribution >= 4 is 59.6 Å². The fraction of sp³-hybridized carbons (Fsp3) is 0.333. The lowest BCUT2D eigenvalue weighted by Gasteiger charge is -2.41. The molecule has 22 nitrogen and oxygen atoms in total. The average Bonchev–Trinajstić information content (AvgIpc) is 0.897. The molecule has 11 heterocycles. The molecule has 5 aromatic heterocycles. The molecule has 0 aliphatic carbocycles. The van der Waals surface area contributed by atoms with Crippen molar-refractivity contribution in [1.29, 1.82) is 0 Å². The van der Waals surface area contributed by atoms with E-state index in [0.29, 0.717) is 128 Å². The summed E-state index contributed by atoms with van der Waals surface area (Å²) in [4.78, 5) is 65.5. The minimum atomic E-state index is -0.802. The zero-order chi connectivity index (χ0) is 86.1. The highest BCUT2D eigenvalue weighted by Crippen LogP contribution is 2.38. The first-order valence-electron chi connectivity index (χ1n) is 41.5. The highest BCUT2D eigenvalue weighted by atomic mass is 19.1. The number of nitrogens with zero attached hydrogens (tertiary/aromatic N) is 9. The number of aromatic hydroxyl groups is 2. The van der Waals surface area contributed by atoms with Crippen LogP contribution in [0.1, 0.15) is 158 Å². The molecule has 6 aliphatic heterocycles. The van der Waals surface area contributed by atoms with Crippen LogP contribution in [0.3, 0.4) is 0 Å². The van der Waals surface area contributed by atoms with Crippen LogP contribution >= 0.6 is 0 Å². The number of anilines is 3. The lowest BCUT2D eigenvalue weighted by atomic mass is 9.81. The number of phenolic OH excluding ortho intramolecular Hbond substituents is 2. The Labute approximate surface area is 715 Å². The molecule has 5 aromatic carbocycles. The van der Waals surface area contributed by atoms with E-state index in [9.17, 15) is 29.0 Å². The van der Waals surface area contributed by atoms with E-state index >= 15 is 0 Å². The number of hydrogen-bond donors (Lipinski definition) is 3. The summed E-state index contributed by atoms with van der Waals surface area (Å²) in [5.41, 5.74) is 15.0. The van der Waals surface area contributed by atoms with Crippen LogP contribution in [0.25, 0.3) is 23.3 Å². The minimum Gasteiger partial charge on any atom is -0.507 e. The molecule has 0 saturated carbocycles. The molecular weight excluding hydrogens is 1540 g/mol. The fourth-order valence-corrected chi connectivity index (χ4v) is 16.0. The number of rotatable bonds is 25. The molecule has 4 saturated heterocycles. The van der Waals surface area contributed by atoms with E-state index < -0.39 is 6.17 Å². The molecule has 2 unspecified atom stereocenters. The Morgan fingerprint density at radius 2 is 0.869 bits per heavy atom. The van der Waals surface area contributed by atoms with Crippen molar-refractivity contribution in [2.24, 2.45) is 0 Å². The van der Waals surface area contributed by atoms with Gasteiger partial charge in [0, 0.05) is 116 Å². The lowest BCUT2D eigenvalue weighted by Crippen LogP contribution is -2.53. The second kappa shape index (κ2) is 42.7. The molecule has 6 aliphatic rings. The summed E-state index contributed by atoms with van der Waals surface area (Å²) in [5, 5.41) is 23.4. The molecule has 0 radical (unpaired) electrons. The van der Waals surface area contributed by atoms with Crippen LogP contribution in [0.4, 0.5) is 21.8 Å². The van der Waals surface area contributed by atoms with Crippen LogP contribution < -0.4 is 43.7 Å². The SMILES string of the molecule is C=Cc1c(O)cccc1OCc1cccnc1N1CC2CCC(C1)O2.C=Cc1c(O)cccc1OCc1cccnc1N1CC[C@H](F)C1.Cc1cccc(OCc2cccnc2C2=CC(C)(C)NC(C)(C)C2)c1C=O.Cc1cccc(OCc2cccnc2C2=CCOCC2)c1C=O.Cc1cccc(OCc2cccnc2N2CCN(C)CC2)c1C=O. The van der Waals surface area contributed by atoms with Gasteiger partial charge in [0.25, 0.3) is 0 Å². The molecule has 636 valence electrons. The smallest absolute Gasteiger partial charge is 0.154 e. The van der Waals surface area contributed by atoms with Crippen molar-refractivity contribution in [3.8, 4) is 40.2 Å². The largest absolute Gasteiger partial charge is 0.507 e. The number of ether oxygens (including phenoxy) is 7. The van der Waals surface area contributed by atoms with Gasteiger partial charge in [0.05, 0.1) is 71.2 Å². The predicted molar refractivity (Wildman–Crippen MR) is 478 cm³/mol. The van der Waals surface area contributed by atoms with E-state index in [1.807, 2.05) is 166 Å². The van der Waals surface area contributed by atoms with E-state index in [1.165, 1.54) is 11.1 Å². The highest BCUT2D eigenvalue weighted by molar-refractivity contribution is 5.83. The number of phenols is 2. The summed E-state index contributed by atoms with van der Waals surface area (Å²) in [5.74, 6) is 6.01. The maximum atomic E-state index is 13.4. The molecule has 2 bridgehead atoms. The second-order valence-electron chi connectivity index (χ2n) is 32.1. The summed E-state index contributed by atoms with van der Waals surface area (Å²) in [6.07, 6.45) is 23.4. The Hall–Kier alpha value is -12.4. The van der Waals surface area contributed by atoms with Crippen molar-refractivity contribution < 1.29 is 62.1 Å². The molecule has 0 amide bonds. The monoisotopic (exact) mass is 1650 g/mol. The first-order valence-corrected chi connectivity index (χ1v) is 41.5. The van der Waals surface area contributed by atoms with Gasteiger partial charge in [-0.3, -0.25) is 24.4 Å². The summed E-state index contributed by atoms with van der Waals surface area (Å²) >= 11 is 0. The molecule has 16 rings (SSSR count). The van der Waals surface area contributed by atoms with Crippen LogP contribution in [0.2, 0.25) is 0 Å². The molecule has 122 heavy (non-hydrogen) atoms. The van der Waals surface area contributed by atoms with Crippen LogP contribution in [-0.2, 0) is 42.5 Å². The molecule has 10 aromatic rings. The molecule has 4 fully saturated rings. The van der Waals surface area contributed by atoms with Crippen molar-refractivity contribution in [3.63, 3.8) is 0 Å². The number of morpholine rings is 1. The van der Waals surface area contributed by atoms with E-state index in [-0.39, 0.29) is 22.6 Å². The quantitative estimate of drug-likeness (QED) is 0.0450. The summed E-state index contributed by atoms with van der Waals surface area (Å²) in [7, 11) is 2.14. The van der Waals surface area contributed by atoms with Gasteiger partial charge in [-0.2, -0.15) is 0 Å². The number of fused-ring (bicyclic) bond motifs is 2. The van der Waals surface area contributed by atoms with Crippen molar-refractivity contribution in [3.05, 3.63) is 292 Å². The summed E-state index contributed by atoms with van der Waals surface area (Å²) < 4.78 is 54.4. The standard InChI is InChI=1S/C23H28N2O2.C20H22N2O3.C19H23N3O2.C19H19NO3.C18H19FN2O2/c1-16-8-6-10-20(19(16)14-26)27-15-17-9-7-11-24-21(17)18-12-22(2,3)25-23(4,5)13-18;1-2-17-18(23)6-3-7-19(17)24-13-14-5-4-10-21-20(14)22-11-15-8-9-16(12-22)25-15;1-15-5-3-7-18(17(15)13-23)24-14-16-6-4-8-20-19(16)22-11-9-21(2)10-12-22;1-14-4-2-6-18(17(14)12-21)23-13-16-5-3-9-20-19(16)15-7-10-22-11-8-15;1-2-15-16(22)6-3-7-17(15)23-12-13-5-4-9-20-18(13)21-10-8-14(19)11-21/h6-12,14,25H,13,15H2,1-5H3;2-7,10,15-16,23H,1,8-9,11-13H2;3-8,13H,9-12,14H2,1-2H3;2-7,9,12H,8,10-11,13H2,1H3;2-7,9,14,22H,1,8,10-12H2/t;;;;14-/m....0/s1. The number of aldehydes is 3. The first kappa shape index (κ1) is 88.9. The number of aryl methyl sites for hydroxylation is 3. The van der Waals surface area contributed by atoms with Gasteiger partial charge in [0.15, 0.2) is 18.9 Å². The number of aromatic nitrogens is 5. The van der Waals surface area contributed by atoms with Gasteiger partial charge < -0.3 is 68.3 Å². The Bertz CT molecular complexity index is 5310. The highest BCUT2D eigenvalue weighted by Gasteiger charge is 2.36. The predicted octanol–water partition coefficient (Wildman–Crippen LogP) is 17.8. The van der Waals surface area contributed by atoms with Gasteiger partial charge in [0.2, 0.25) is 0 Å². The Morgan fingerprint density at radius 3 is 1.27 bits per heavy atom. The van der Waals surface area contributed by atoms with Gasteiger partial charge in [0.1, 0.15) is 96.9 Å². The normalized spacial score (nSPS) is 17.4. The van der Waals surface area contributed by atoms with E-state index in [0.717, 1.165) is 164 Å². The van der Waals surface area contributed by atoms with E-state index in [2.05, 4.69) is 105 Å². The van der Waals surface area contributed by atoms with Gasteiger partial charge in [-0.05, 0) is 188 Å². The number of likely N-dealkylation sites (N-methyl/N-ethyl adjacent to an activating group) is 1. The topological polar surface area (TPSA) is 246 Å². The Kier molecular flexibility index (Phi) is 31.1. The minimum absolute atomic E-state index is 0.00946. The Balaban J connectivity index is 0.000000140. The van der Waals surface area contributed by atoms with E-state index in [1.54, 1.807) is 54.9 Å². The number of carbonyl (C=O) groups excluding carboxylic acids is 3. The number of benzene rings is 5. The van der Waals surface area contributed by atoms with Gasteiger partial charge >= 0.3 is 0 Å². The lowest BCUT2D eigenvalue weighted by molar-refractivity contribution is 0.0301. The van der Waals surface area contributed by atoms with Crippen molar-refractivity contribution in [2.45, 2.75) is 143 Å². The number of pyridine rings is 5. The zero-order valence-corrected chi connectivity index (χ0v) is 71.0. The summed E-state index contributed by atoms with van der Waals surface area (Å²) in [6, 6.07) is 46.8. The Morgan fingerprint density at radius 1 is 0.475 bits per heavy atom. The number of alkyl halides is 1. The first-order chi connectivity index (χ1) is 59.1. The number of carbonyl (C=O) groups is 3. The maximum absolute atomic E-state index is 13.4. The third-order valence-corrected chi connectivity index (χ3v) is 22.0. The number of nitrogens with one attached hydrogen (secondary N) is 1. The van der Waals surface area contributed by atoms with Crippen LogP contribution in [0, 0.1) is 20.8 Å². The second-order valence-corrected chi connectivity index (χ2v) is 32.1. The molecular formula is C99H111FN10O12. The summed E-state index contributed by atoms with van der Waals surface area (Å²) in [6.45, 7) is 31.9. The van der Waals surface area contributed by atoms with Gasteiger partial charge in [-0.15, -0.1) is 0 Å². The van der Waals surface area contributed by atoms with Crippen LogP contribution in [0.5, 0.6) is 40.2 Å². The fourth-order valence-electron chi connectivity index (χ4n) is 16.0.